The zero-order chi connectivity index (χ0) is 19.2. The van der Waals surface area contributed by atoms with Crippen molar-refractivity contribution < 1.29 is 9.47 Å². The van der Waals surface area contributed by atoms with Crippen molar-refractivity contribution in [3.8, 4) is 11.5 Å². The summed E-state index contributed by atoms with van der Waals surface area (Å²) in [4.78, 5) is 8.82. The number of aryl methyl sites for hydroxylation is 2. The number of methoxy groups -OCH3 is 2. The first kappa shape index (κ1) is 18.5. The van der Waals surface area contributed by atoms with Gasteiger partial charge in [-0.3, -0.25) is 0 Å². The molecule has 3 aromatic rings. The molecule has 1 aromatic heterocycles. The van der Waals surface area contributed by atoms with Gasteiger partial charge in [-0.25, -0.2) is 4.98 Å². The third-order valence-electron chi connectivity index (χ3n) is 4.34. The number of nitrogens with zero attached hydrogens (tertiary/aromatic N) is 2. The van der Waals surface area contributed by atoms with Gasteiger partial charge >= 0.3 is 0 Å². The molecule has 0 bridgehead atoms. The minimum Gasteiger partial charge on any atom is -0.493 e. The van der Waals surface area contributed by atoms with E-state index in [-0.39, 0.29) is 0 Å². The molecule has 1 heterocycles. The van der Waals surface area contributed by atoms with Crippen molar-refractivity contribution in [2.75, 3.05) is 24.9 Å². The minimum atomic E-state index is 0.551. The first-order valence-corrected chi connectivity index (χ1v) is 8.71. The number of anilines is 3. The van der Waals surface area contributed by atoms with E-state index >= 15 is 0 Å². The second-order valence-corrected chi connectivity index (χ2v) is 6.23. The highest BCUT2D eigenvalue weighted by molar-refractivity contribution is 5.57. The van der Waals surface area contributed by atoms with Crippen molar-refractivity contribution in [2.24, 2.45) is 0 Å². The van der Waals surface area contributed by atoms with Crippen LogP contribution in [0.3, 0.4) is 0 Å². The molecule has 0 aliphatic heterocycles. The molecular weight excluding hydrogens is 340 g/mol. The van der Waals surface area contributed by atoms with Gasteiger partial charge in [0.15, 0.2) is 11.5 Å². The SMILES string of the molecule is COc1ccc(CNc2ccnc(Nc3ccc(C)c(C)c3)n2)cc1OC. The van der Waals surface area contributed by atoms with E-state index in [0.29, 0.717) is 24.0 Å². The zero-order valence-electron chi connectivity index (χ0n) is 16.0. The van der Waals surface area contributed by atoms with E-state index in [1.165, 1.54) is 11.1 Å². The molecule has 140 valence electrons. The fourth-order valence-electron chi connectivity index (χ4n) is 2.65. The Kier molecular flexibility index (Phi) is 5.76. The molecular formula is C21H24N4O2. The first-order chi connectivity index (χ1) is 13.1. The Morgan fingerprint density at radius 1 is 0.889 bits per heavy atom. The highest BCUT2D eigenvalue weighted by atomic mass is 16.5. The van der Waals surface area contributed by atoms with Crippen LogP contribution in [0.5, 0.6) is 11.5 Å². The van der Waals surface area contributed by atoms with Crippen LogP contribution >= 0.6 is 0 Å². The summed E-state index contributed by atoms with van der Waals surface area (Å²) in [5.41, 5.74) is 4.51. The standard InChI is InChI=1S/C21H24N4O2/c1-14-5-7-17(11-15(14)2)24-21-22-10-9-20(25-21)23-13-16-6-8-18(26-3)19(12-16)27-4/h5-12H,13H2,1-4H3,(H2,22,23,24,25). The fourth-order valence-corrected chi connectivity index (χ4v) is 2.65. The summed E-state index contributed by atoms with van der Waals surface area (Å²) in [7, 11) is 3.25. The Bertz CT molecular complexity index is 928. The number of hydrogen-bond donors (Lipinski definition) is 2. The Morgan fingerprint density at radius 2 is 1.70 bits per heavy atom. The summed E-state index contributed by atoms with van der Waals surface area (Å²) in [5, 5.41) is 6.55. The van der Waals surface area contributed by atoms with Gasteiger partial charge in [0.25, 0.3) is 0 Å². The molecule has 2 aromatic carbocycles. The number of aromatic nitrogens is 2. The van der Waals surface area contributed by atoms with Crippen molar-refractivity contribution in [2.45, 2.75) is 20.4 Å². The Hall–Kier alpha value is -3.28. The molecule has 0 amide bonds. The number of ether oxygens (including phenoxy) is 2. The van der Waals surface area contributed by atoms with Gasteiger partial charge in [0, 0.05) is 18.4 Å². The van der Waals surface area contributed by atoms with E-state index in [2.05, 4.69) is 46.6 Å². The van der Waals surface area contributed by atoms with Gasteiger partial charge in [-0.15, -0.1) is 0 Å². The maximum absolute atomic E-state index is 5.34. The molecule has 2 N–H and O–H groups in total. The van der Waals surface area contributed by atoms with Crippen LogP contribution in [0, 0.1) is 13.8 Å². The summed E-state index contributed by atoms with van der Waals surface area (Å²) >= 11 is 0. The molecule has 0 unspecified atom stereocenters. The molecule has 0 saturated heterocycles. The maximum Gasteiger partial charge on any atom is 0.229 e. The van der Waals surface area contributed by atoms with Gasteiger partial charge in [0.05, 0.1) is 14.2 Å². The van der Waals surface area contributed by atoms with Crippen molar-refractivity contribution in [3.63, 3.8) is 0 Å². The highest BCUT2D eigenvalue weighted by Crippen LogP contribution is 2.27. The van der Waals surface area contributed by atoms with Gasteiger partial charge in [0.1, 0.15) is 5.82 Å². The highest BCUT2D eigenvalue weighted by Gasteiger charge is 2.06. The second kappa shape index (κ2) is 8.40. The van der Waals surface area contributed by atoms with E-state index < -0.39 is 0 Å². The van der Waals surface area contributed by atoms with Crippen LogP contribution in [-0.4, -0.2) is 24.2 Å². The van der Waals surface area contributed by atoms with Crippen molar-refractivity contribution >= 4 is 17.5 Å². The van der Waals surface area contributed by atoms with Crippen LogP contribution in [0.2, 0.25) is 0 Å². The Labute approximate surface area is 159 Å². The number of hydrogen-bond acceptors (Lipinski definition) is 6. The molecule has 3 rings (SSSR count). The lowest BCUT2D eigenvalue weighted by Crippen LogP contribution is -2.04. The fraction of sp³-hybridized carbons (Fsp3) is 0.238. The molecule has 0 aliphatic carbocycles. The van der Waals surface area contributed by atoms with Crippen molar-refractivity contribution in [3.05, 3.63) is 65.4 Å². The molecule has 0 radical (unpaired) electrons. The number of rotatable bonds is 7. The maximum atomic E-state index is 5.34. The minimum absolute atomic E-state index is 0.551. The second-order valence-electron chi connectivity index (χ2n) is 6.23. The monoisotopic (exact) mass is 364 g/mol. The molecule has 6 heteroatoms. The molecule has 27 heavy (non-hydrogen) atoms. The lowest BCUT2D eigenvalue weighted by Gasteiger charge is -2.11. The zero-order valence-corrected chi connectivity index (χ0v) is 16.0. The summed E-state index contributed by atoms with van der Waals surface area (Å²) in [5.74, 6) is 2.71. The summed E-state index contributed by atoms with van der Waals surface area (Å²) in [6, 6.07) is 13.9. The quantitative estimate of drug-likeness (QED) is 0.645. The summed E-state index contributed by atoms with van der Waals surface area (Å²) in [6.07, 6.45) is 1.73. The molecule has 0 atom stereocenters. The topological polar surface area (TPSA) is 68.3 Å². The first-order valence-electron chi connectivity index (χ1n) is 8.71. The lowest BCUT2D eigenvalue weighted by atomic mass is 10.1. The van der Waals surface area contributed by atoms with E-state index in [1.54, 1.807) is 20.4 Å². The summed E-state index contributed by atoms with van der Waals surface area (Å²) in [6.45, 7) is 4.79. The smallest absolute Gasteiger partial charge is 0.229 e. The van der Waals surface area contributed by atoms with Crippen molar-refractivity contribution in [1.29, 1.82) is 0 Å². The van der Waals surface area contributed by atoms with Gasteiger partial charge in [-0.2, -0.15) is 4.98 Å². The lowest BCUT2D eigenvalue weighted by molar-refractivity contribution is 0.354. The van der Waals surface area contributed by atoms with Crippen LogP contribution < -0.4 is 20.1 Å². The normalized spacial score (nSPS) is 10.4. The molecule has 0 fully saturated rings. The van der Waals surface area contributed by atoms with Crippen LogP contribution in [0.4, 0.5) is 17.5 Å². The number of benzene rings is 2. The molecule has 6 nitrogen and oxygen atoms in total. The predicted molar refractivity (Wildman–Crippen MR) is 108 cm³/mol. The average molecular weight is 364 g/mol. The van der Waals surface area contributed by atoms with Crippen LogP contribution in [0.25, 0.3) is 0 Å². The van der Waals surface area contributed by atoms with Crippen molar-refractivity contribution in [1.82, 2.24) is 9.97 Å². The van der Waals surface area contributed by atoms with Gasteiger partial charge in [-0.1, -0.05) is 12.1 Å². The van der Waals surface area contributed by atoms with Gasteiger partial charge in [-0.05, 0) is 60.9 Å². The largest absolute Gasteiger partial charge is 0.493 e. The summed E-state index contributed by atoms with van der Waals surface area (Å²) < 4.78 is 10.6. The number of nitrogens with one attached hydrogen (secondary N) is 2. The predicted octanol–water partition coefficient (Wildman–Crippen LogP) is 4.47. The van der Waals surface area contributed by atoms with Crippen LogP contribution in [0.1, 0.15) is 16.7 Å². The van der Waals surface area contributed by atoms with E-state index in [1.807, 2.05) is 30.3 Å². The van der Waals surface area contributed by atoms with E-state index in [9.17, 15) is 0 Å². The Balaban J connectivity index is 1.68. The van der Waals surface area contributed by atoms with Gasteiger partial charge in [0.2, 0.25) is 5.95 Å². The van der Waals surface area contributed by atoms with Gasteiger partial charge < -0.3 is 20.1 Å². The van der Waals surface area contributed by atoms with E-state index in [0.717, 1.165) is 17.1 Å². The van der Waals surface area contributed by atoms with Crippen LogP contribution in [-0.2, 0) is 6.54 Å². The van der Waals surface area contributed by atoms with Crippen LogP contribution in [0.15, 0.2) is 48.7 Å². The van der Waals surface area contributed by atoms with E-state index in [4.69, 9.17) is 9.47 Å². The molecule has 0 spiro atoms. The Morgan fingerprint density at radius 3 is 2.44 bits per heavy atom. The average Bonchev–Trinajstić information content (AvgIpc) is 2.69. The third-order valence-corrected chi connectivity index (χ3v) is 4.34. The third kappa shape index (κ3) is 4.67. The molecule has 0 saturated carbocycles. The molecule has 0 aliphatic rings.